The minimum atomic E-state index is -1.07. The van der Waals surface area contributed by atoms with Gasteiger partial charge in [-0.2, -0.15) is 5.26 Å². The second-order valence-electron chi connectivity index (χ2n) is 5.48. The van der Waals surface area contributed by atoms with Crippen LogP contribution >= 0.6 is 0 Å². The highest BCUT2D eigenvalue weighted by molar-refractivity contribution is 6.04. The molecular formula is C20H13F2N3O. The molecule has 0 saturated heterocycles. The fraction of sp³-hybridized carbons (Fsp3) is 0. The average molecular weight is 349 g/mol. The van der Waals surface area contributed by atoms with Crippen LogP contribution in [0.25, 0.3) is 0 Å². The van der Waals surface area contributed by atoms with Crippen LogP contribution in [0.3, 0.4) is 0 Å². The number of halogens is 2. The maximum absolute atomic E-state index is 13.2. The zero-order valence-corrected chi connectivity index (χ0v) is 13.5. The van der Waals surface area contributed by atoms with Crippen molar-refractivity contribution in [2.45, 2.75) is 0 Å². The van der Waals surface area contributed by atoms with Gasteiger partial charge in [0.2, 0.25) is 0 Å². The van der Waals surface area contributed by atoms with Crippen LogP contribution in [0, 0.1) is 23.0 Å². The molecule has 0 radical (unpaired) electrons. The molecule has 0 aromatic heterocycles. The van der Waals surface area contributed by atoms with E-state index in [1.165, 1.54) is 6.07 Å². The Morgan fingerprint density at radius 3 is 2.27 bits per heavy atom. The maximum Gasteiger partial charge on any atom is 0.255 e. The monoisotopic (exact) mass is 349 g/mol. The molecule has 4 nitrogen and oxygen atoms in total. The van der Waals surface area contributed by atoms with Crippen LogP contribution in [0.5, 0.6) is 0 Å². The van der Waals surface area contributed by atoms with E-state index in [4.69, 9.17) is 5.26 Å². The molecule has 0 aliphatic rings. The predicted octanol–water partition coefficient (Wildman–Crippen LogP) is 4.83. The molecule has 0 atom stereocenters. The molecule has 0 aliphatic carbocycles. The topological polar surface area (TPSA) is 64.9 Å². The number of anilines is 3. The highest BCUT2D eigenvalue weighted by Gasteiger charge is 2.10. The van der Waals surface area contributed by atoms with Crippen molar-refractivity contribution in [3.05, 3.63) is 89.5 Å². The number of amides is 1. The van der Waals surface area contributed by atoms with E-state index in [-0.39, 0.29) is 5.56 Å². The number of carbonyl (C=O) groups is 1. The molecule has 0 aliphatic heterocycles. The van der Waals surface area contributed by atoms with Crippen LogP contribution in [0.15, 0.2) is 66.7 Å². The van der Waals surface area contributed by atoms with Crippen LogP contribution < -0.4 is 10.6 Å². The van der Waals surface area contributed by atoms with E-state index < -0.39 is 17.5 Å². The molecule has 0 unspecified atom stereocenters. The number of hydrogen-bond donors (Lipinski definition) is 2. The number of nitrogens with one attached hydrogen (secondary N) is 2. The van der Waals surface area contributed by atoms with Crippen molar-refractivity contribution in [3.63, 3.8) is 0 Å². The molecule has 1 amide bonds. The molecule has 3 aromatic carbocycles. The summed E-state index contributed by atoms with van der Waals surface area (Å²) in [6, 6.07) is 18.9. The van der Waals surface area contributed by atoms with Gasteiger partial charge in [0.25, 0.3) is 5.91 Å². The first-order valence-electron chi connectivity index (χ1n) is 7.69. The molecule has 26 heavy (non-hydrogen) atoms. The lowest BCUT2D eigenvalue weighted by Crippen LogP contribution is -2.12. The SMILES string of the molecule is N#Cc1cccc(Nc2ccc(NC(=O)c3ccc(F)c(F)c3)cc2)c1. The van der Waals surface area contributed by atoms with Gasteiger partial charge in [-0.05, 0) is 60.7 Å². The minimum absolute atomic E-state index is 0.0272. The molecule has 0 heterocycles. The normalized spacial score (nSPS) is 10.0. The van der Waals surface area contributed by atoms with E-state index in [0.29, 0.717) is 11.3 Å². The van der Waals surface area contributed by atoms with Gasteiger partial charge in [-0.15, -0.1) is 0 Å². The number of hydrogen-bond acceptors (Lipinski definition) is 3. The average Bonchev–Trinajstić information content (AvgIpc) is 2.65. The van der Waals surface area contributed by atoms with Gasteiger partial charge in [0.15, 0.2) is 11.6 Å². The van der Waals surface area contributed by atoms with Gasteiger partial charge in [-0.25, -0.2) is 8.78 Å². The summed E-state index contributed by atoms with van der Waals surface area (Å²) in [7, 11) is 0. The molecule has 6 heteroatoms. The van der Waals surface area contributed by atoms with E-state index >= 15 is 0 Å². The van der Waals surface area contributed by atoms with Crippen molar-refractivity contribution in [1.82, 2.24) is 0 Å². The van der Waals surface area contributed by atoms with Gasteiger partial charge in [-0.1, -0.05) is 6.07 Å². The van der Waals surface area contributed by atoms with Crippen LogP contribution in [0.2, 0.25) is 0 Å². The first-order chi connectivity index (χ1) is 12.5. The Kier molecular flexibility index (Phi) is 4.90. The first kappa shape index (κ1) is 17.1. The molecule has 3 aromatic rings. The highest BCUT2D eigenvalue weighted by Crippen LogP contribution is 2.20. The maximum atomic E-state index is 13.2. The third kappa shape index (κ3) is 4.02. The molecule has 3 rings (SSSR count). The second-order valence-corrected chi connectivity index (χ2v) is 5.48. The molecule has 0 saturated carbocycles. The van der Waals surface area contributed by atoms with Gasteiger partial charge in [0.05, 0.1) is 11.6 Å². The van der Waals surface area contributed by atoms with Crippen molar-refractivity contribution in [1.29, 1.82) is 5.26 Å². The van der Waals surface area contributed by atoms with Gasteiger partial charge < -0.3 is 10.6 Å². The Bertz CT molecular complexity index is 995. The van der Waals surface area contributed by atoms with Crippen molar-refractivity contribution < 1.29 is 13.6 Å². The smallest absolute Gasteiger partial charge is 0.255 e. The lowest BCUT2D eigenvalue weighted by Gasteiger charge is -2.09. The van der Waals surface area contributed by atoms with Crippen molar-refractivity contribution in [2.75, 3.05) is 10.6 Å². The largest absolute Gasteiger partial charge is 0.355 e. The Morgan fingerprint density at radius 1 is 0.846 bits per heavy atom. The van der Waals surface area contributed by atoms with Crippen molar-refractivity contribution in [3.8, 4) is 6.07 Å². The Balaban J connectivity index is 1.68. The molecular weight excluding hydrogens is 336 g/mol. The summed E-state index contributed by atoms with van der Waals surface area (Å²) in [5.41, 5.74) is 2.62. The third-order valence-electron chi connectivity index (χ3n) is 3.60. The summed E-state index contributed by atoms with van der Waals surface area (Å²) in [6.45, 7) is 0. The lowest BCUT2D eigenvalue weighted by molar-refractivity contribution is 0.102. The Morgan fingerprint density at radius 2 is 1.58 bits per heavy atom. The quantitative estimate of drug-likeness (QED) is 0.709. The van der Waals surface area contributed by atoms with Gasteiger partial charge >= 0.3 is 0 Å². The van der Waals surface area contributed by atoms with Gasteiger partial charge in [0, 0.05) is 22.6 Å². The van der Waals surface area contributed by atoms with E-state index in [2.05, 4.69) is 16.7 Å². The predicted molar refractivity (Wildman–Crippen MR) is 95.2 cm³/mol. The van der Waals surface area contributed by atoms with Crippen molar-refractivity contribution >= 4 is 23.0 Å². The summed E-state index contributed by atoms with van der Waals surface area (Å²) in [6.07, 6.45) is 0. The Labute approximate surface area is 148 Å². The number of benzene rings is 3. The zero-order chi connectivity index (χ0) is 18.5. The summed E-state index contributed by atoms with van der Waals surface area (Å²) in [5, 5.41) is 14.7. The first-order valence-corrected chi connectivity index (χ1v) is 7.69. The number of nitrogens with zero attached hydrogens (tertiary/aromatic N) is 1. The van der Waals surface area contributed by atoms with Crippen LogP contribution in [-0.4, -0.2) is 5.91 Å². The molecule has 128 valence electrons. The number of nitriles is 1. The minimum Gasteiger partial charge on any atom is -0.355 e. The molecule has 0 bridgehead atoms. The van der Waals surface area contributed by atoms with Crippen LogP contribution in [0.4, 0.5) is 25.8 Å². The molecule has 0 spiro atoms. The number of carbonyl (C=O) groups excluding carboxylic acids is 1. The van der Waals surface area contributed by atoms with Gasteiger partial charge in [0.1, 0.15) is 0 Å². The lowest BCUT2D eigenvalue weighted by atomic mass is 10.2. The fourth-order valence-corrected chi connectivity index (χ4v) is 2.31. The summed E-state index contributed by atoms with van der Waals surface area (Å²) in [5.74, 6) is -2.61. The second kappa shape index (κ2) is 7.45. The zero-order valence-electron chi connectivity index (χ0n) is 13.5. The van der Waals surface area contributed by atoms with E-state index in [1.807, 2.05) is 6.07 Å². The molecule has 2 N–H and O–H groups in total. The summed E-state index contributed by atoms with van der Waals surface area (Å²) < 4.78 is 26.1. The van der Waals surface area contributed by atoms with E-state index in [0.717, 1.165) is 23.5 Å². The van der Waals surface area contributed by atoms with Gasteiger partial charge in [-0.3, -0.25) is 4.79 Å². The van der Waals surface area contributed by atoms with Crippen LogP contribution in [-0.2, 0) is 0 Å². The Hall–Kier alpha value is -3.72. The summed E-state index contributed by atoms with van der Waals surface area (Å²) in [4.78, 5) is 12.1. The number of rotatable bonds is 4. The van der Waals surface area contributed by atoms with E-state index in [9.17, 15) is 13.6 Å². The van der Waals surface area contributed by atoms with Crippen molar-refractivity contribution in [2.24, 2.45) is 0 Å². The third-order valence-corrected chi connectivity index (χ3v) is 3.60. The molecule has 0 fully saturated rings. The van der Waals surface area contributed by atoms with E-state index in [1.54, 1.807) is 42.5 Å². The highest BCUT2D eigenvalue weighted by atomic mass is 19.2. The summed E-state index contributed by atoms with van der Waals surface area (Å²) >= 11 is 0. The fourth-order valence-electron chi connectivity index (χ4n) is 2.31. The van der Waals surface area contributed by atoms with Crippen LogP contribution in [0.1, 0.15) is 15.9 Å². The standard InChI is InChI=1S/C20H13F2N3O/c21-18-9-4-14(11-19(18)22)20(26)25-16-7-5-15(6-8-16)24-17-3-1-2-13(10-17)12-23/h1-11,24H,(H,25,26).